The smallest absolute Gasteiger partial charge is 0.335 e. The standard InChI is InChI=1S/C18H16ClN3O3/c1-2-13-10-21-22(16-9-14(18(23)24)7-8-20-16)17(13)25-11-12-3-5-15(19)6-4-12/h3-10H,2,11H2,1H3,(H,23,24). The summed E-state index contributed by atoms with van der Waals surface area (Å²) in [5, 5.41) is 14.1. The summed E-state index contributed by atoms with van der Waals surface area (Å²) in [6, 6.07) is 10.3. The van der Waals surface area contributed by atoms with E-state index in [0.29, 0.717) is 23.3 Å². The van der Waals surface area contributed by atoms with E-state index in [0.717, 1.165) is 17.5 Å². The van der Waals surface area contributed by atoms with Gasteiger partial charge in [-0.05, 0) is 36.2 Å². The molecule has 0 aliphatic heterocycles. The minimum Gasteiger partial charge on any atom is -0.478 e. The van der Waals surface area contributed by atoms with Crippen molar-refractivity contribution in [3.05, 3.63) is 70.5 Å². The van der Waals surface area contributed by atoms with E-state index >= 15 is 0 Å². The highest BCUT2D eigenvalue weighted by Crippen LogP contribution is 2.24. The van der Waals surface area contributed by atoms with E-state index < -0.39 is 5.97 Å². The number of aryl methyl sites for hydroxylation is 1. The zero-order valence-corrected chi connectivity index (χ0v) is 14.3. The molecule has 0 saturated carbocycles. The first kappa shape index (κ1) is 17.0. The summed E-state index contributed by atoms with van der Waals surface area (Å²) in [5.41, 5.74) is 2.02. The maximum atomic E-state index is 11.2. The van der Waals surface area contributed by atoms with Crippen LogP contribution in [0.3, 0.4) is 0 Å². The van der Waals surface area contributed by atoms with Crippen LogP contribution in [0.2, 0.25) is 5.02 Å². The number of aromatic nitrogens is 3. The quantitative estimate of drug-likeness (QED) is 0.726. The number of benzene rings is 1. The van der Waals surface area contributed by atoms with Crippen LogP contribution in [-0.4, -0.2) is 25.8 Å². The molecule has 0 spiro atoms. The fourth-order valence-electron chi connectivity index (χ4n) is 2.33. The molecule has 0 radical (unpaired) electrons. The summed E-state index contributed by atoms with van der Waals surface area (Å²) in [5.74, 6) is -0.0756. The number of hydrogen-bond acceptors (Lipinski definition) is 4. The predicted molar refractivity (Wildman–Crippen MR) is 93.5 cm³/mol. The van der Waals surface area contributed by atoms with Crippen LogP contribution < -0.4 is 4.74 Å². The Bertz CT molecular complexity index is 891. The molecule has 0 atom stereocenters. The SMILES string of the molecule is CCc1cnn(-c2cc(C(=O)O)ccn2)c1OCc1ccc(Cl)cc1. The molecule has 0 aliphatic rings. The number of nitrogens with zero attached hydrogens (tertiary/aromatic N) is 3. The van der Waals surface area contributed by atoms with Gasteiger partial charge >= 0.3 is 5.97 Å². The number of carboxylic acids is 1. The lowest BCUT2D eigenvalue weighted by Gasteiger charge is -2.11. The van der Waals surface area contributed by atoms with Crippen molar-refractivity contribution in [2.75, 3.05) is 0 Å². The fraction of sp³-hybridized carbons (Fsp3) is 0.167. The lowest BCUT2D eigenvalue weighted by atomic mass is 10.2. The van der Waals surface area contributed by atoms with Gasteiger partial charge in [-0.15, -0.1) is 0 Å². The van der Waals surface area contributed by atoms with Crippen LogP contribution in [0.5, 0.6) is 5.88 Å². The second-order valence-corrected chi connectivity index (χ2v) is 5.80. The number of hydrogen-bond donors (Lipinski definition) is 1. The van der Waals surface area contributed by atoms with Gasteiger partial charge < -0.3 is 9.84 Å². The number of halogens is 1. The maximum Gasteiger partial charge on any atom is 0.335 e. The van der Waals surface area contributed by atoms with Gasteiger partial charge in [0.15, 0.2) is 5.82 Å². The van der Waals surface area contributed by atoms with E-state index in [4.69, 9.17) is 21.4 Å². The van der Waals surface area contributed by atoms with Crippen molar-refractivity contribution in [2.24, 2.45) is 0 Å². The molecule has 6 nitrogen and oxygen atoms in total. The number of carboxylic acid groups (broad SMARTS) is 1. The lowest BCUT2D eigenvalue weighted by Crippen LogP contribution is -2.07. The molecule has 0 saturated heterocycles. The van der Waals surface area contributed by atoms with Gasteiger partial charge in [-0.2, -0.15) is 9.78 Å². The molecule has 25 heavy (non-hydrogen) atoms. The van der Waals surface area contributed by atoms with E-state index in [1.165, 1.54) is 23.0 Å². The molecule has 0 fully saturated rings. The highest BCUT2D eigenvalue weighted by molar-refractivity contribution is 6.30. The summed E-state index contributed by atoms with van der Waals surface area (Å²) >= 11 is 5.89. The predicted octanol–water partition coefficient (Wildman–Crippen LogP) is 3.76. The van der Waals surface area contributed by atoms with Gasteiger partial charge in [0.25, 0.3) is 0 Å². The van der Waals surface area contributed by atoms with E-state index in [1.54, 1.807) is 18.3 Å². The average molecular weight is 358 g/mol. The van der Waals surface area contributed by atoms with Crippen molar-refractivity contribution in [1.82, 2.24) is 14.8 Å². The molecule has 2 aromatic heterocycles. The Morgan fingerprint density at radius 1 is 1.28 bits per heavy atom. The highest BCUT2D eigenvalue weighted by Gasteiger charge is 2.15. The van der Waals surface area contributed by atoms with E-state index in [-0.39, 0.29) is 5.56 Å². The van der Waals surface area contributed by atoms with Crippen molar-refractivity contribution in [3.8, 4) is 11.7 Å². The second-order valence-electron chi connectivity index (χ2n) is 5.36. The molecule has 1 N–H and O–H groups in total. The Balaban J connectivity index is 1.91. The number of aromatic carboxylic acids is 1. The van der Waals surface area contributed by atoms with Crippen LogP contribution in [0, 0.1) is 0 Å². The van der Waals surface area contributed by atoms with Gasteiger partial charge in [0, 0.05) is 16.8 Å². The van der Waals surface area contributed by atoms with Crippen molar-refractivity contribution in [1.29, 1.82) is 0 Å². The summed E-state index contributed by atoms with van der Waals surface area (Å²) in [7, 11) is 0. The van der Waals surface area contributed by atoms with Crippen LogP contribution >= 0.6 is 11.6 Å². The number of pyridine rings is 1. The third-order valence-electron chi connectivity index (χ3n) is 3.68. The fourth-order valence-corrected chi connectivity index (χ4v) is 2.46. The number of ether oxygens (including phenoxy) is 1. The normalized spacial score (nSPS) is 10.6. The molecule has 0 bridgehead atoms. The molecular formula is C18H16ClN3O3. The molecular weight excluding hydrogens is 342 g/mol. The maximum absolute atomic E-state index is 11.2. The van der Waals surface area contributed by atoms with Crippen molar-refractivity contribution in [2.45, 2.75) is 20.0 Å². The molecule has 7 heteroatoms. The average Bonchev–Trinajstić information content (AvgIpc) is 3.04. The van der Waals surface area contributed by atoms with Crippen LogP contribution in [0.1, 0.15) is 28.4 Å². The minimum absolute atomic E-state index is 0.141. The van der Waals surface area contributed by atoms with Crippen molar-refractivity contribution < 1.29 is 14.6 Å². The van der Waals surface area contributed by atoms with Crippen LogP contribution in [-0.2, 0) is 13.0 Å². The molecule has 1 aromatic carbocycles. The molecule has 2 heterocycles. The third-order valence-corrected chi connectivity index (χ3v) is 3.93. The molecule has 0 aliphatic carbocycles. The first-order valence-electron chi connectivity index (χ1n) is 7.72. The molecule has 0 unspecified atom stereocenters. The van der Waals surface area contributed by atoms with Gasteiger partial charge in [-0.25, -0.2) is 9.78 Å². The molecule has 3 aromatic rings. The molecule has 128 valence electrons. The topological polar surface area (TPSA) is 77.2 Å². The zero-order valence-electron chi connectivity index (χ0n) is 13.5. The summed E-state index contributed by atoms with van der Waals surface area (Å²) < 4.78 is 7.46. The highest BCUT2D eigenvalue weighted by atomic mass is 35.5. The van der Waals surface area contributed by atoms with Crippen LogP contribution in [0.4, 0.5) is 0 Å². The summed E-state index contributed by atoms with van der Waals surface area (Å²) in [6.45, 7) is 2.34. The van der Waals surface area contributed by atoms with Gasteiger partial charge in [-0.3, -0.25) is 0 Å². The number of rotatable bonds is 6. The Morgan fingerprint density at radius 2 is 2.04 bits per heavy atom. The van der Waals surface area contributed by atoms with E-state index in [1.807, 2.05) is 19.1 Å². The largest absolute Gasteiger partial charge is 0.478 e. The monoisotopic (exact) mass is 357 g/mol. The van der Waals surface area contributed by atoms with E-state index in [2.05, 4.69) is 10.1 Å². The second kappa shape index (κ2) is 7.36. The van der Waals surface area contributed by atoms with Gasteiger partial charge in [0.05, 0.1) is 11.8 Å². The first-order valence-corrected chi connectivity index (χ1v) is 8.10. The van der Waals surface area contributed by atoms with E-state index in [9.17, 15) is 4.79 Å². The molecule has 3 rings (SSSR count). The first-order chi connectivity index (χ1) is 12.1. The Labute approximate surface area is 149 Å². The molecule has 0 amide bonds. The van der Waals surface area contributed by atoms with Crippen molar-refractivity contribution in [3.63, 3.8) is 0 Å². The summed E-state index contributed by atoms with van der Waals surface area (Å²) in [4.78, 5) is 15.4. The van der Waals surface area contributed by atoms with Gasteiger partial charge in [0.1, 0.15) is 6.61 Å². The van der Waals surface area contributed by atoms with Gasteiger partial charge in [-0.1, -0.05) is 30.7 Å². The number of carbonyl (C=O) groups is 1. The third kappa shape index (κ3) is 3.80. The van der Waals surface area contributed by atoms with Crippen LogP contribution in [0.25, 0.3) is 5.82 Å². The van der Waals surface area contributed by atoms with Crippen molar-refractivity contribution >= 4 is 17.6 Å². The lowest BCUT2D eigenvalue weighted by molar-refractivity contribution is 0.0696. The Hall–Kier alpha value is -2.86. The van der Waals surface area contributed by atoms with Gasteiger partial charge in [0.2, 0.25) is 5.88 Å². The van der Waals surface area contributed by atoms with Crippen LogP contribution in [0.15, 0.2) is 48.8 Å². The zero-order chi connectivity index (χ0) is 17.8. The Kier molecular flexibility index (Phi) is 5.00. The minimum atomic E-state index is -1.02. The summed E-state index contributed by atoms with van der Waals surface area (Å²) in [6.07, 6.45) is 3.87. The Morgan fingerprint density at radius 3 is 2.72 bits per heavy atom.